The van der Waals surface area contributed by atoms with Crippen LogP contribution in [-0.4, -0.2) is 38.6 Å². The van der Waals surface area contributed by atoms with Crippen LogP contribution in [0.4, 0.5) is 5.69 Å². The van der Waals surface area contributed by atoms with Crippen molar-refractivity contribution in [3.8, 4) is 5.75 Å². The second-order valence-electron chi connectivity index (χ2n) is 7.81. The van der Waals surface area contributed by atoms with Gasteiger partial charge in [0, 0.05) is 0 Å². The molecule has 0 saturated carbocycles. The third-order valence-electron chi connectivity index (χ3n) is 5.51. The monoisotopic (exact) mass is 410 g/mol. The summed E-state index contributed by atoms with van der Waals surface area (Å²) < 4.78 is 5.29. The molecule has 3 N–H and O–H groups in total. The number of hydrogen-bond acceptors (Lipinski definition) is 3. The second kappa shape index (κ2) is 10.8. The summed E-state index contributed by atoms with van der Waals surface area (Å²) in [6.45, 7) is 3.34. The van der Waals surface area contributed by atoms with Gasteiger partial charge in [0.1, 0.15) is 5.75 Å². The highest BCUT2D eigenvalue weighted by molar-refractivity contribution is 5.93. The molecule has 0 fully saturated rings. The Bertz CT molecular complexity index is 868. The first-order valence-corrected chi connectivity index (χ1v) is 10.7. The van der Waals surface area contributed by atoms with E-state index in [1.807, 2.05) is 30.3 Å². The molecule has 2 amide bonds. The quantitative estimate of drug-likeness (QED) is 0.593. The van der Waals surface area contributed by atoms with Gasteiger partial charge in [-0.1, -0.05) is 43.3 Å². The van der Waals surface area contributed by atoms with Crippen molar-refractivity contribution in [3.05, 3.63) is 59.7 Å². The molecular weight excluding hydrogens is 378 g/mol. The number of hydrogen-bond donors (Lipinski definition) is 3. The largest absolute Gasteiger partial charge is 0.495 e. The summed E-state index contributed by atoms with van der Waals surface area (Å²) in [6, 6.07) is 15.7. The molecule has 3 rings (SSSR count). The molecule has 2 aromatic rings. The lowest BCUT2D eigenvalue weighted by molar-refractivity contribution is -0.883. The molecule has 2 aromatic carbocycles. The molecule has 6 nitrogen and oxygen atoms in total. The van der Waals surface area contributed by atoms with E-state index in [1.165, 1.54) is 11.1 Å². The summed E-state index contributed by atoms with van der Waals surface area (Å²) in [7, 11) is 1.58. The lowest BCUT2D eigenvalue weighted by Crippen LogP contribution is -3.14. The van der Waals surface area contributed by atoms with E-state index in [2.05, 4.69) is 35.8 Å². The SMILES string of the molecule is CCC[NH+](CC(=O)Nc1ccccc1OC)CC(=O)N[C@@H]1CCCc2ccccc21. The van der Waals surface area contributed by atoms with E-state index in [0.717, 1.165) is 37.1 Å². The van der Waals surface area contributed by atoms with Gasteiger partial charge in [0.2, 0.25) is 0 Å². The molecule has 1 unspecified atom stereocenters. The summed E-state index contributed by atoms with van der Waals surface area (Å²) in [5.41, 5.74) is 3.19. The number of rotatable bonds is 9. The predicted molar refractivity (Wildman–Crippen MR) is 118 cm³/mol. The number of anilines is 1. The number of nitrogens with one attached hydrogen (secondary N) is 3. The van der Waals surface area contributed by atoms with Crippen LogP contribution in [0.25, 0.3) is 0 Å². The minimum Gasteiger partial charge on any atom is -0.495 e. The number of para-hydroxylation sites is 2. The van der Waals surface area contributed by atoms with Crippen LogP contribution in [0.1, 0.15) is 43.4 Å². The van der Waals surface area contributed by atoms with E-state index in [1.54, 1.807) is 7.11 Å². The van der Waals surface area contributed by atoms with Gasteiger partial charge < -0.3 is 20.3 Å². The second-order valence-corrected chi connectivity index (χ2v) is 7.81. The van der Waals surface area contributed by atoms with Gasteiger partial charge in [0.05, 0.1) is 25.4 Å². The number of aryl methyl sites for hydroxylation is 1. The van der Waals surface area contributed by atoms with Crippen LogP contribution in [0.3, 0.4) is 0 Å². The zero-order valence-electron chi connectivity index (χ0n) is 17.9. The standard InChI is InChI=1S/C24H31N3O3/c1-3-15-27(17-24(29)26-21-12-6-7-14-22(21)30-2)16-23(28)25-20-13-8-10-18-9-4-5-11-19(18)20/h4-7,9,11-12,14,20H,3,8,10,13,15-17H2,1-2H3,(H,25,28)(H,26,29)/p+1/t20-/m1/s1. The number of amides is 2. The normalized spacial score (nSPS) is 16.3. The van der Waals surface area contributed by atoms with Gasteiger partial charge in [-0.3, -0.25) is 9.59 Å². The maximum atomic E-state index is 12.8. The molecule has 0 saturated heterocycles. The Kier molecular flexibility index (Phi) is 7.85. The van der Waals surface area contributed by atoms with E-state index in [-0.39, 0.29) is 30.9 Å². The average molecular weight is 411 g/mol. The fraction of sp³-hybridized carbons (Fsp3) is 0.417. The number of ether oxygens (including phenoxy) is 1. The van der Waals surface area contributed by atoms with E-state index >= 15 is 0 Å². The maximum absolute atomic E-state index is 12.8. The van der Waals surface area contributed by atoms with Crippen LogP contribution in [0.15, 0.2) is 48.5 Å². The molecule has 0 aliphatic heterocycles. The molecule has 1 aliphatic carbocycles. The smallest absolute Gasteiger partial charge is 0.279 e. The Hall–Kier alpha value is -2.86. The lowest BCUT2D eigenvalue weighted by Gasteiger charge is -2.27. The highest BCUT2D eigenvalue weighted by atomic mass is 16.5. The van der Waals surface area contributed by atoms with Crippen LogP contribution in [-0.2, 0) is 16.0 Å². The summed E-state index contributed by atoms with van der Waals surface area (Å²) in [6.07, 6.45) is 4.00. The third kappa shape index (κ3) is 5.83. The maximum Gasteiger partial charge on any atom is 0.279 e. The number of fused-ring (bicyclic) bond motifs is 1. The Labute approximate surface area is 178 Å². The molecule has 160 valence electrons. The van der Waals surface area contributed by atoms with Gasteiger partial charge in [-0.25, -0.2) is 0 Å². The first kappa shape index (κ1) is 21.8. The predicted octanol–water partition coefficient (Wildman–Crippen LogP) is 2.12. The van der Waals surface area contributed by atoms with Gasteiger partial charge in [0.25, 0.3) is 11.8 Å². The molecular formula is C24H32N3O3+. The fourth-order valence-electron chi connectivity index (χ4n) is 4.14. The van der Waals surface area contributed by atoms with E-state index in [0.29, 0.717) is 11.4 Å². The zero-order chi connectivity index (χ0) is 21.3. The molecule has 2 atom stereocenters. The van der Waals surface area contributed by atoms with Gasteiger partial charge in [-0.15, -0.1) is 0 Å². The summed E-state index contributed by atoms with van der Waals surface area (Å²) in [5, 5.41) is 6.10. The summed E-state index contributed by atoms with van der Waals surface area (Å²) in [5.74, 6) is 0.487. The lowest BCUT2D eigenvalue weighted by atomic mass is 9.88. The highest BCUT2D eigenvalue weighted by Gasteiger charge is 2.24. The zero-order valence-corrected chi connectivity index (χ0v) is 17.9. The number of quaternary nitrogens is 1. The molecule has 1 aliphatic rings. The highest BCUT2D eigenvalue weighted by Crippen LogP contribution is 2.29. The number of carbonyl (C=O) groups excluding carboxylic acids is 2. The Morgan fingerprint density at radius 1 is 1.07 bits per heavy atom. The van der Waals surface area contributed by atoms with Crippen molar-refractivity contribution >= 4 is 17.5 Å². The van der Waals surface area contributed by atoms with Crippen molar-refractivity contribution in [3.63, 3.8) is 0 Å². The molecule has 0 aromatic heterocycles. The summed E-state index contributed by atoms with van der Waals surface area (Å²) in [4.78, 5) is 26.3. The Morgan fingerprint density at radius 2 is 1.80 bits per heavy atom. The van der Waals surface area contributed by atoms with Crippen LogP contribution in [0.5, 0.6) is 5.75 Å². The number of methoxy groups -OCH3 is 1. The van der Waals surface area contributed by atoms with Crippen molar-refractivity contribution < 1.29 is 19.2 Å². The van der Waals surface area contributed by atoms with Crippen molar-refractivity contribution in [2.45, 2.75) is 38.6 Å². The molecule has 0 spiro atoms. The van der Waals surface area contributed by atoms with Gasteiger partial charge in [-0.05, 0) is 48.9 Å². The van der Waals surface area contributed by atoms with Crippen LogP contribution >= 0.6 is 0 Å². The average Bonchev–Trinajstić information content (AvgIpc) is 2.74. The first-order chi connectivity index (χ1) is 14.6. The molecule has 0 radical (unpaired) electrons. The topological polar surface area (TPSA) is 71.9 Å². The number of benzene rings is 2. The first-order valence-electron chi connectivity index (χ1n) is 10.7. The van der Waals surface area contributed by atoms with Crippen LogP contribution in [0.2, 0.25) is 0 Å². The molecule has 0 bridgehead atoms. The molecule has 0 heterocycles. The molecule has 30 heavy (non-hydrogen) atoms. The van der Waals surface area contributed by atoms with Gasteiger partial charge in [0.15, 0.2) is 13.1 Å². The van der Waals surface area contributed by atoms with Crippen molar-refractivity contribution in [1.29, 1.82) is 0 Å². The minimum atomic E-state index is -0.126. The van der Waals surface area contributed by atoms with Crippen LogP contribution in [0, 0.1) is 0 Å². The molecule has 6 heteroatoms. The Balaban J connectivity index is 1.57. The third-order valence-corrected chi connectivity index (χ3v) is 5.51. The Morgan fingerprint density at radius 3 is 2.60 bits per heavy atom. The van der Waals surface area contributed by atoms with Crippen LogP contribution < -0.4 is 20.3 Å². The number of carbonyl (C=O) groups is 2. The van der Waals surface area contributed by atoms with Crippen molar-refractivity contribution in [1.82, 2.24) is 5.32 Å². The van der Waals surface area contributed by atoms with E-state index in [4.69, 9.17) is 4.74 Å². The van der Waals surface area contributed by atoms with Gasteiger partial charge >= 0.3 is 0 Å². The fourth-order valence-corrected chi connectivity index (χ4v) is 4.14. The summed E-state index contributed by atoms with van der Waals surface area (Å²) >= 11 is 0. The van der Waals surface area contributed by atoms with Gasteiger partial charge in [-0.2, -0.15) is 0 Å². The van der Waals surface area contributed by atoms with E-state index in [9.17, 15) is 9.59 Å². The minimum absolute atomic E-state index is 0.00903. The van der Waals surface area contributed by atoms with E-state index < -0.39 is 0 Å². The van der Waals surface area contributed by atoms with Crippen molar-refractivity contribution in [2.75, 3.05) is 32.1 Å². The van der Waals surface area contributed by atoms with Crippen molar-refractivity contribution in [2.24, 2.45) is 0 Å².